The molecule has 0 bridgehead atoms. The van der Waals surface area contributed by atoms with E-state index in [9.17, 15) is 18.0 Å². The number of aliphatic carboxylic acids is 1. The van der Waals surface area contributed by atoms with E-state index in [-0.39, 0.29) is 11.8 Å². The predicted octanol–water partition coefficient (Wildman–Crippen LogP) is 3.26. The van der Waals surface area contributed by atoms with Crippen molar-refractivity contribution in [2.24, 2.45) is 7.05 Å². The molecule has 0 spiro atoms. The fourth-order valence-electron chi connectivity index (χ4n) is 4.68. The number of aromatic amines is 1. The first-order valence-corrected chi connectivity index (χ1v) is 11.0. The number of nitrogens with zero attached hydrogens (tertiary/aromatic N) is 4. The number of imidazole rings is 1. The smallest absolute Gasteiger partial charge is 0.475 e. The molecule has 1 saturated heterocycles. The van der Waals surface area contributed by atoms with Crippen LogP contribution in [-0.4, -0.2) is 67.1 Å². The third-order valence-corrected chi connectivity index (χ3v) is 6.24. The van der Waals surface area contributed by atoms with Gasteiger partial charge in [0.25, 0.3) is 0 Å². The fraction of sp³-hybridized carbons (Fsp3) is 0.435. The summed E-state index contributed by atoms with van der Waals surface area (Å²) in [4.78, 5) is 34.4. The highest BCUT2D eigenvalue weighted by Gasteiger charge is 2.38. The van der Waals surface area contributed by atoms with Gasteiger partial charge in [0.15, 0.2) is 0 Å². The molecule has 1 atom stereocenters. The Morgan fingerprint density at radius 3 is 2.59 bits per heavy atom. The van der Waals surface area contributed by atoms with Gasteiger partial charge in [-0.15, -0.1) is 0 Å². The van der Waals surface area contributed by atoms with Crippen LogP contribution in [0.15, 0.2) is 36.8 Å². The summed E-state index contributed by atoms with van der Waals surface area (Å²) in [7, 11) is 2.01. The second kappa shape index (κ2) is 9.49. The molecule has 2 aliphatic heterocycles. The van der Waals surface area contributed by atoms with E-state index in [1.54, 1.807) is 0 Å². The number of hydrogen-bond donors (Lipinski definition) is 2. The summed E-state index contributed by atoms with van der Waals surface area (Å²) in [5.74, 6) is -2.61. The van der Waals surface area contributed by atoms with Gasteiger partial charge in [-0.2, -0.15) is 13.2 Å². The standard InChI is InChI=1S/C21H25N5O.C2HF3O2/c1-24-14-23-19-13-25(11-15-5-4-6-18-16(15)7-8-22-18)12-17(20(19)24)21(27)26-9-2-3-10-26;3-2(4,5)1(6)7/h4-8,14,17,22H,2-3,9-13H2,1H3;(H,6,7). The first kappa shape index (κ1) is 23.8. The number of halogens is 3. The molecule has 2 aliphatic rings. The first-order chi connectivity index (χ1) is 16.1. The first-order valence-electron chi connectivity index (χ1n) is 11.0. The number of carbonyl (C=O) groups is 2. The van der Waals surface area contributed by atoms with E-state index in [0.29, 0.717) is 0 Å². The molecule has 1 aromatic carbocycles. The highest BCUT2D eigenvalue weighted by Crippen LogP contribution is 2.31. The van der Waals surface area contributed by atoms with Crippen LogP contribution < -0.4 is 0 Å². The number of rotatable bonds is 3. The molecule has 8 nitrogen and oxygen atoms in total. The van der Waals surface area contributed by atoms with Gasteiger partial charge >= 0.3 is 12.1 Å². The number of H-pyrrole nitrogens is 1. The molecule has 1 amide bonds. The molecule has 3 aromatic rings. The Morgan fingerprint density at radius 1 is 1.21 bits per heavy atom. The quantitative estimate of drug-likeness (QED) is 0.604. The Labute approximate surface area is 194 Å². The Bertz CT molecular complexity index is 1180. The van der Waals surface area contributed by atoms with Crippen LogP contribution in [0.5, 0.6) is 0 Å². The minimum absolute atomic E-state index is 0.121. The van der Waals surface area contributed by atoms with Crippen LogP contribution in [0, 0.1) is 0 Å². The van der Waals surface area contributed by atoms with Crippen LogP contribution in [0.4, 0.5) is 13.2 Å². The molecule has 0 saturated carbocycles. The van der Waals surface area contributed by atoms with Crippen molar-refractivity contribution in [1.82, 2.24) is 24.3 Å². The fourth-order valence-corrected chi connectivity index (χ4v) is 4.68. The number of aromatic nitrogens is 3. The summed E-state index contributed by atoms with van der Waals surface area (Å²) in [6.07, 6.45) is 0.998. The van der Waals surface area contributed by atoms with Gasteiger partial charge in [0.05, 0.1) is 23.6 Å². The van der Waals surface area contributed by atoms with Gasteiger partial charge in [-0.25, -0.2) is 9.78 Å². The van der Waals surface area contributed by atoms with Crippen molar-refractivity contribution in [2.75, 3.05) is 19.6 Å². The average Bonchev–Trinajstić information content (AvgIpc) is 3.54. The van der Waals surface area contributed by atoms with Gasteiger partial charge in [0.1, 0.15) is 0 Å². The van der Waals surface area contributed by atoms with Gasteiger partial charge in [-0.1, -0.05) is 12.1 Å². The van der Waals surface area contributed by atoms with Crippen molar-refractivity contribution in [2.45, 2.75) is 38.0 Å². The van der Waals surface area contributed by atoms with E-state index in [4.69, 9.17) is 9.90 Å². The topological polar surface area (TPSA) is 94.5 Å². The number of hydrogen-bond acceptors (Lipinski definition) is 4. The van der Waals surface area contributed by atoms with E-state index in [2.05, 4.69) is 39.1 Å². The zero-order chi connectivity index (χ0) is 24.5. The van der Waals surface area contributed by atoms with Crippen molar-refractivity contribution in [3.05, 3.63) is 53.7 Å². The number of carboxylic acids is 1. The van der Waals surface area contributed by atoms with E-state index < -0.39 is 12.1 Å². The van der Waals surface area contributed by atoms with Gasteiger partial charge in [-0.3, -0.25) is 9.69 Å². The number of amides is 1. The number of benzene rings is 1. The van der Waals surface area contributed by atoms with Crippen molar-refractivity contribution in [1.29, 1.82) is 0 Å². The lowest BCUT2D eigenvalue weighted by Gasteiger charge is -2.34. The number of carboxylic acid groups (broad SMARTS) is 1. The molecule has 2 N–H and O–H groups in total. The molecule has 1 fully saturated rings. The molecule has 4 heterocycles. The van der Waals surface area contributed by atoms with Crippen molar-refractivity contribution in [3.8, 4) is 0 Å². The molecule has 0 radical (unpaired) electrons. The highest BCUT2D eigenvalue weighted by atomic mass is 19.4. The minimum Gasteiger partial charge on any atom is -0.475 e. The van der Waals surface area contributed by atoms with Gasteiger partial charge in [0, 0.05) is 56.9 Å². The van der Waals surface area contributed by atoms with Crippen LogP contribution in [0.2, 0.25) is 0 Å². The summed E-state index contributed by atoms with van der Waals surface area (Å²) in [5, 5.41) is 8.38. The number of nitrogens with one attached hydrogen (secondary N) is 1. The molecule has 34 heavy (non-hydrogen) atoms. The average molecular weight is 477 g/mol. The number of alkyl halides is 3. The summed E-state index contributed by atoms with van der Waals surface area (Å²) < 4.78 is 33.8. The lowest BCUT2D eigenvalue weighted by molar-refractivity contribution is -0.192. The van der Waals surface area contributed by atoms with E-state index in [0.717, 1.165) is 62.5 Å². The third kappa shape index (κ3) is 4.93. The summed E-state index contributed by atoms with van der Waals surface area (Å²) in [5.41, 5.74) is 4.60. The Kier molecular flexibility index (Phi) is 6.65. The summed E-state index contributed by atoms with van der Waals surface area (Å²) >= 11 is 0. The summed E-state index contributed by atoms with van der Waals surface area (Å²) in [6.45, 7) is 4.16. The van der Waals surface area contributed by atoms with Crippen molar-refractivity contribution in [3.63, 3.8) is 0 Å². The number of aryl methyl sites for hydroxylation is 1. The molecule has 11 heteroatoms. The maximum absolute atomic E-state index is 13.2. The Hall–Kier alpha value is -3.34. The van der Waals surface area contributed by atoms with Crippen LogP contribution in [0.25, 0.3) is 10.9 Å². The molecule has 2 aromatic heterocycles. The molecule has 182 valence electrons. The zero-order valence-corrected chi connectivity index (χ0v) is 18.7. The number of fused-ring (bicyclic) bond motifs is 2. The molecular formula is C23H26F3N5O3. The molecule has 1 unspecified atom stereocenters. The number of likely N-dealkylation sites (tertiary alicyclic amines) is 1. The normalized spacial score (nSPS) is 18.5. The third-order valence-electron chi connectivity index (χ3n) is 6.24. The zero-order valence-electron chi connectivity index (χ0n) is 18.7. The van der Waals surface area contributed by atoms with Crippen LogP contribution in [-0.2, 0) is 29.7 Å². The van der Waals surface area contributed by atoms with E-state index >= 15 is 0 Å². The second-order valence-corrected chi connectivity index (χ2v) is 8.60. The maximum Gasteiger partial charge on any atom is 0.490 e. The lowest BCUT2D eigenvalue weighted by atomic mass is 9.95. The lowest BCUT2D eigenvalue weighted by Crippen LogP contribution is -2.42. The summed E-state index contributed by atoms with van der Waals surface area (Å²) in [6, 6.07) is 8.51. The van der Waals surface area contributed by atoms with Crippen molar-refractivity contribution < 1.29 is 27.9 Å². The van der Waals surface area contributed by atoms with Gasteiger partial charge in [-0.05, 0) is 30.5 Å². The molecule has 0 aliphatic carbocycles. The Morgan fingerprint density at radius 2 is 1.91 bits per heavy atom. The second-order valence-electron chi connectivity index (χ2n) is 8.60. The largest absolute Gasteiger partial charge is 0.490 e. The van der Waals surface area contributed by atoms with Gasteiger partial charge < -0.3 is 19.6 Å². The van der Waals surface area contributed by atoms with Crippen LogP contribution >= 0.6 is 0 Å². The van der Waals surface area contributed by atoms with Crippen molar-refractivity contribution >= 4 is 22.8 Å². The highest BCUT2D eigenvalue weighted by molar-refractivity contribution is 5.85. The van der Waals surface area contributed by atoms with Crippen LogP contribution in [0.1, 0.15) is 35.7 Å². The van der Waals surface area contributed by atoms with Crippen LogP contribution in [0.3, 0.4) is 0 Å². The number of carbonyl (C=O) groups excluding carboxylic acids is 1. The maximum atomic E-state index is 13.2. The van der Waals surface area contributed by atoms with E-state index in [1.165, 1.54) is 10.9 Å². The van der Waals surface area contributed by atoms with E-state index in [1.807, 2.05) is 29.0 Å². The molecular weight excluding hydrogens is 451 g/mol. The predicted molar refractivity (Wildman–Crippen MR) is 118 cm³/mol. The minimum atomic E-state index is -5.08. The van der Waals surface area contributed by atoms with Gasteiger partial charge in [0.2, 0.25) is 5.91 Å². The SMILES string of the molecule is Cn1cnc2c1C(C(=O)N1CCCC1)CN(Cc1cccc3[nH]ccc13)C2.O=C(O)C(F)(F)F. The Balaban J connectivity index is 0.000000344. The monoisotopic (exact) mass is 477 g/mol. The molecule has 5 rings (SSSR count).